The molecule has 4 nitrogen and oxygen atoms in total. The Labute approximate surface area is 154 Å². The van der Waals surface area contributed by atoms with Crippen LogP contribution in [0.3, 0.4) is 0 Å². The molecule has 1 saturated carbocycles. The van der Waals surface area contributed by atoms with Gasteiger partial charge in [0.15, 0.2) is 0 Å². The first-order valence-corrected chi connectivity index (χ1v) is 9.34. The lowest BCUT2D eigenvalue weighted by atomic mass is 10.1. The lowest BCUT2D eigenvalue weighted by molar-refractivity contribution is 0.0928. The number of pyridine rings is 1. The molecule has 1 heterocycles. The number of aromatic nitrogens is 1. The van der Waals surface area contributed by atoms with E-state index in [1.807, 2.05) is 36.4 Å². The van der Waals surface area contributed by atoms with Crippen molar-refractivity contribution in [1.29, 1.82) is 0 Å². The van der Waals surface area contributed by atoms with Crippen LogP contribution < -0.4 is 10.6 Å². The van der Waals surface area contributed by atoms with E-state index in [2.05, 4.69) is 15.6 Å². The van der Waals surface area contributed by atoms with Crippen molar-refractivity contribution in [3.8, 4) is 0 Å². The molecule has 0 spiro atoms. The molecular formula is C20H24ClN3O. The Hall–Kier alpha value is -2.07. The van der Waals surface area contributed by atoms with Crippen LogP contribution in [0.1, 0.15) is 54.6 Å². The zero-order valence-electron chi connectivity index (χ0n) is 14.3. The summed E-state index contributed by atoms with van der Waals surface area (Å²) in [7, 11) is 0. The second-order valence-electron chi connectivity index (χ2n) is 6.57. The molecule has 132 valence electrons. The van der Waals surface area contributed by atoms with Gasteiger partial charge in [0.25, 0.3) is 5.91 Å². The van der Waals surface area contributed by atoms with Gasteiger partial charge in [-0.25, -0.2) is 0 Å². The van der Waals surface area contributed by atoms with Gasteiger partial charge in [-0.3, -0.25) is 9.78 Å². The Morgan fingerprint density at radius 3 is 2.52 bits per heavy atom. The first-order valence-electron chi connectivity index (χ1n) is 8.96. The highest BCUT2D eigenvalue weighted by atomic mass is 35.5. The lowest BCUT2D eigenvalue weighted by Crippen LogP contribution is -2.34. The van der Waals surface area contributed by atoms with Crippen LogP contribution in [0.5, 0.6) is 0 Å². The van der Waals surface area contributed by atoms with Crippen molar-refractivity contribution >= 4 is 23.2 Å². The number of amides is 1. The van der Waals surface area contributed by atoms with Gasteiger partial charge in [0.2, 0.25) is 0 Å². The summed E-state index contributed by atoms with van der Waals surface area (Å²) >= 11 is 5.90. The number of anilines is 1. The minimum Gasteiger partial charge on any atom is -0.381 e. The van der Waals surface area contributed by atoms with Crippen LogP contribution in [0.25, 0.3) is 0 Å². The highest BCUT2D eigenvalue weighted by Gasteiger charge is 2.16. The maximum atomic E-state index is 12.5. The van der Waals surface area contributed by atoms with Gasteiger partial charge in [-0.15, -0.1) is 0 Å². The van der Waals surface area contributed by atoms with Gasteiger partial charge in [0.05, 0.1) is 0 Å². The summed E-state index contributed by atoms with van der Waals surface area (Å²) in [4.78, 5) is 16.7. The van der Waals surface area contributed by atoms with Crippen LogP contribution in [-0.4, -0.2) is 16.9 Å². The SMILES string of the molecule is O=C(NC1CCCCCC1)c1cc(NCc2ccc(Cl)cc2)ccn1. The second kappa shape index (κ2) is 8.86. The molecule has 1 aromatic carbocycles. The van der Waals surface area contributed by atoms with Crippen LogP contribution in [0.2, 0.25) is 5.02 Å². The van der Waals surface area contributed by atoms with Gasteiger partial charge >= 0.3 is 0 Å². The molecule has 3 rings (SSSR count). The lowest BCUT2D eigenvalue weighted by Gasteiger charge is -2.16. The Balaban J connectivity index is 1.58. The third-order valence-corrected chi connectivity index (χ3v) is 4.84. The number of nitrogens with zero attached hydrogens (tertiary/aromatic N) is 1. The summed E-state index contributed by atoms with van der Waals surface area (Å²) in [6.45, 7) is 0.671. The van der Waals surface area contributed by atoms with Gasteiger partial charge < -0.3 is 10.6 Å². The fourth-order valence-electron chi connectivity index (χ4n) is 3.15. The Kier molecular flexibility index (Phi) is 6.29. The average molecular weight is 358 g/mol. The van der Waals surface area contributed by atoms with Crippen LogP contribution in [0.15, 0.2) is 42.6 Å². The molecule has 0 unspecified atom stereocenters. The van der Waals surface area contributed by atoms with E-state index in [0.717, 1.165) is 29.1 Å². The maximum absolute atomic E-state index is 12.5. The van der Waals surface area contributed by atoms with Crippen molar-refractivity contribution in [2.75, 3.05) is 5.32 Å². The predicted molar refractivity (Wildman–Crippen MR) is 102 cm³/mol. The summed E-state index contributed by atoms with van der Waals surface area (Å²) in [5.41, 5.74) is 2.48. The molecule has 1 aliphatic carbocycles. The van der Waals surface area contributed by atoms with E-state index in [1.54, 1.807) is 6.20 Å². The van der Waals surface area contributed by atoms with Gasteiger partial charge in [-0.2, -0.15) is 0 Å². The monoisotopic (exact) mass is 357 g/mol. The van der Waals surface area contributed by atoms with Gasteiger partial charge in [-0.1, -0.05) is 49.4 Å². The molecule has 2 N–H and O–H groups in total. The molecule has 0 radical (unpaired) electrons. The summed E-state index contributed by atoms with van der Waals surface area (Å²) in [6, 6.07) is 11.7. The summed E-state index contributed by atoms with van der Waals surface area (Å²) < 4.78 is 0. The molecule has 1 aromatic heterocycles. The molecule has 1 fully saturated rings. The molecule has 1 aliphatic rings. The number of benzene rings is 1. The zero-order chi connectivity index (χ0) is 17.5. The van der Waals surface area contributed by atoms with Crippen molar-refractivity contribution in [2.24, 2.45) is 0 Å². The average Bonchev–Trinajstić information content (AvgIpc) is 2.90. The first kappa shape index (κ1) is 17.7. The zero-order valence-corrected chi connectivity index (χ0v) is 15.1. The highest BCUT2D eigenvalue weighted by molar-refractivity contribution is 6.30. The van der Waals surface area contributed by atoms with Crippen molar-refractivity contribution in [3.05, 3.63) is 58.9 Å². The summed E-state index contributed by atoms with van der Waals surface area (Å²) in [5.74, 6) is -0.0814. The van der Waals surface area contributed by atoms with Crippen molar-refractivity contribution in [1.82, 2.24) is 10.3 Å². The van der Waals surface area contributed by atoms with E-state index in [-0.39, 0.29) is 11.9 Å². The van der Waals surface area contributed by atoms with E-state index in [9.17, 15) is 4.79 Å². The van der Waals surface area contributed by atoms with Gasteiger partial charge in [-0.05, 0) is 42.7 Å². The molecule has 0 aliphatic heterocycles. The number of hydrogen-bond acceptors (Lipinski definition) is 3. The third-order valence-electron chi connectivity index (χ3n) is 4.59. The Bertz CT molecular complexity index is 694. The number of rotatable bonds is 5. The molecule has 0 bridgehead atoms. The fraction of sp³-hybridized carbons (Fsp3) is 0.400. The topological polar surface area (TPSA) is 54.0 Å². The first-order chi connectivity index (χ1) is 12.2. The standard InChI is InChI=1S/C20H24ClN3O/c21-16-9-7-15(8-10-16)14-23-18-11-12-22-19(13-18)20(25)24-17-5-3-1-2-4-6-17/h7-13,17H,1-6,14H2,(H,22,23)(H,24,25). The molecule has 25 heavy (non-hydrogen) atoms. The molecule has 5 heteroatoms. The molecule has 0 saturated heterocycles. The third kappa shape index (κ3) is 5.46. The fourth-order valence-corrected chi connectivity index (χ4v) is 3.28. The summed E-state index contributed by atoms with van der Waals surface area (Å²) in [6.07, 6.45) is 8.75. The predicted octanol–water partition coefficient (Wildman–Crippen LogP) is 4.80. The maximum Gasteiger partial charge on any atom is 0.270 e. The van der Waals surface area contributed by atoms with Crippen LogP contribution in [0, 0.1) is 0 Å². The normalized spacial score (nSPS) is 15.4. The van der Waals surface area contributed by atoms with Crippen LogP contribution in [-0.2, 0) is 6.54 Å². The van der Waals surface area contributed by atoms with Gasteiger partial charge in [0.1, 0.15) is 5.69 Å². The highest BCUT2D eigenvalue weighted by Crippen LogP contribution is 2.18. The van der Waals surface area contributed by atoms with Crippen LogP contribution in [0.4, 0.5) is 5.69 Å². The van der Waals surface area contributed by atoms with E-state index in [1.165, 1.54) is 25.7 Å². The van der Waals surface area contributed by atoms with Crippen molar-refractivity contribution in [2.45, 2.75) is 51.1 Å². The molecular weight excluding hydrogens is 334 g/mol. The number of hydrogen-bond donors (Lipinski definition) is 2. The second-order valence-corrected chi connectivity index (χ2v) is 7.01. The van der Waals surface area contributed by atoms with E-state index in [0.29, 0.717) is 12.2 Å². The Morgan fingerprint density at radius 2 is 1.80 bits per heavy atom. The minimum atomic E-state index is -0.0814. The van der Waals surface area contributed by atoms with Crippen LogP contribution >= 0.6 is 11.6 Å². The smallest absolute Gasteiger partial charge is 0.270 e. The largest absolute Gasteiger partial charge is 0.381 e. The van der Waals surface area contributed by atoms with E-state index >= 15 is 0 Å². The van der Waals surface area contributed by atoms with Gasteiger partial charge in [0, 0.05) is 29.5 Å². The number of halogens is 1. The van der Waals surface area contributed by atoms with E-state index < -0.39 is 0 Å². The number of carbonyl (C=O) groups excluding carboxylic acids is 1. The van der Waals surface area contributed by atoms with Crippen molar-refractivity contribution in [3.63, 3.8) is 0 Å². The molecule has 2 aromatic rings. The molecule has 0 atom stereocenters. The minimum absolute atomic E-state index is 0.0814. The van der Waals surface area contributed by atoms with Crippen molar-refractivity contribution < 1.29 is 4.79 Å². The summed E-state index contributed by atoms with van der Waals surface area (Å²) in [5, 5.41) is 7.19. The Morgan fingerprint density at radius 1 is 1.08 bits per heavy atom. The quantitative estimate of drug-likeness (QED) is 0.756. The number of carbonyl (C=O) groups is 1. The van der Waals surface area contributed by atoms with E-state index in [4.69, 9.17) is 11.6 Å². The molecule has 1 amide bonds. The number of nitrogens with one attached hydrogen (secondary N) is 2.